The molecule has 2 rings (SSSR count). The number of hydrogen-bond donors (Lipinski definition) is 0. The molecule has 0 saturated heterocycles. The Balaban J connectivity index is 2.76. The lowest BCUT2D eigenvalue weighted by atomic mass is 10.3. The fourth-order valence-electron chi connectivity index (χ4n) is 1.01. The lowest BCUT2D eigenvalue weighted by molar-refractivity contribution is 0.108. The van der Waals surface area contributed by atoms with Crippen molar-refractivity contribution >= 4 is 50.0 Å². The minimum atomic E-state index is -0.576. The van der Waals surface area contributed by atoms with E-state index in [2.05, 4.69) is 4.98 Å². The van der Waals surface area contributed by atoms with Crippen molar-refractivity contribution in [2.75, 3.05) is 0 Å². The van der Waals surface area contributed by atoms with Gasteiger partial charge in [0.25, 0.3) is 5.24 Å². The van der Waals surface area contributed by atoms with Crippen LogP contribution in [-0.4, -0.2) is 10.2 Å². The number of carbonyl (C=O) groups excluding carboxylic acids is 1. The van der Waals surface area contributed by atoms with Crippen LogP contribution in [0.25, 0.3) is 10.2 Å². The van der Waals surface area contributed by atoms with Gasteiger partial charge in [-0.1, -0.05) is 11.6 Å². The Kier molecular flexibility index (Phi) is 2.24. The standard InChI is InChI=1S/C8H3Cl2NOS/c9-7-4(8(10)12)3-6-5(11-7)1-2-13-6/h1-3H. The van der Waals surface area contributed by atoms with Crippen LogP contribution in [0.1, 0.15) is 10.4 Å². The predicted octanol–water partition coefficient (Wildman–Crippen LogP) is 3.33. The van der Waals surface area contributed by atoms with Crippen molar-refractivity contribution in [1.82, 2.24) is 4.98 Å². The molecule has 0 aliphatic heterocycles. The lowest BCUT2D eigenvalue weighted by Crippen LogP contribution is -1.91. The number of aromatic nitrogens is 1. The first kappa shape index (κ1) is 8.94. The van der Waals surface area contributed by atoms with Crippen LogP contribution in [0.2, 0.25) is 5.15 Å². The Morgan fingerprint density at radius 3 is 3.00 bits per heavy atom. The van der Waals surface area contributed by atoms with Gasteiger partial charge in [0.05, 0.1) is 15.8 Å². The number of pyridine rings is 1. The largest absolute Gasteiger partial charge is 0.275 e. The Morgan fingerprint density at radius 2 is 2.31 bits per heavy atom. The van der Waals surface area contributed by atoms with Gasteiger partial charge >= 0.3 is 0 Å². The van der Waals surface area contributed by atoms with E-state index < -0.39 is 5.24 Å². The average Bonchev–Trinajstić information content (AvgIpc) is 2.48. The lowest BCUT2D eigenvalue weighted by Gasteiger charge is -1.96. The number of hydrogen-bond acceptors (Lipinski definition) is 3. The highest BCUT2D eigenvalue weighted by Gasteiger charge is 2.10. The van der Waals surface area contributed by atoms with E-state index in [1.807, 2.05) is 11.4 Å². The Morgan fingerprint density at radius 1 is 1.54 bits per heavy atom. The average molecular weight is 232 g/mol. The topological polar surface area (TPSA) is 30.0 Å². The molecule has 2 aromatic heterocycles. The Hall–Kier alpha value is -0.640. The summed E-state index contributed by atoms with van der Waals surface area (Å²) in [7, 11) is 0. The van der Waals surface area contributed by atoms with Gasteiger partial charge in [0.15, 0.2) is 0 Å². The molecule has 2 aromatic rings. The van der Waals surface area contributed by atoms with Crippen LogP contribution < -0.4 is 0 Å². The minimum absolute atomic E-state index is 0.158. The third-order valence-electron chi connectivity index (χ3n) is 1.60. The first-order chi connectivity index (χ1) is 6.18. The molecule has 0 aliphatic rings. The van der Waals surface area contributed by atoms with Gasteiger partial charge in [-0.05, 0) is 29.1 Å². The number of thiophene rings is 1. The van der Waals surface area contributed by atoms with Crippen LogP contribution in [0.15, 0.2) is 17.5 Å². The second-order valence-electron chi connectivity index (χ2n) is 2.40. The summed E-state index contributed by atoms with van der Waals surface area (Å²) in [5.74, 6) is 0. The summed E-state index contributed by atoms with van der Waals surface area (Å²) in [5.41, 5.74) is 1.05. The molecule has 0 fully saturated rings. The highest BCUT2D eigenvalue weighted by molar-refractivity contribution is 7.17. The van der Waals surface area contributed by atoms with Crippen LogP contribution >= 0.6 is 34.5 Å². The zero-order chi connectivity index (χ0) is 9.42. The van der Waals surface area contributed by atoms with E-state index in [4.69, 9.17) is 23.2 Å². The molecular weight excluding hydrogens is 229 g/mol. The number of halogens is 2. The zero-order valence-corrected chi connectivity index (χ0v) is 8.58. The van der Waals surface area contributed by atoms with Crippen molar-refractivity contribution in [2.24, 2.45) is 0 Å². The molecule has 2 heterocycles. The van der Waals surface area contributed by atoms with Gasteiger partial charge < -0.3 is 0 Å². The summed E-state index contributed by atoms with van der Waals surface area (Å²) < 4.78 is 0.911. The summed E-state index contributed by atoms with van der Waals surface area (Å²) in [6, 6.07) is 3.50. The van der Waals surface area contributed by atoms with Crippen LogP contribution in [0, 0.1) is 0 Å². The highest BCUT2D eigenvalue weighted by Crippen LogP contribution is 2.25. The van der Waals surface area contributed by atoms with Gasteiger partial charge in [0.2, 0.25) is 0 Å². The predicted molar refractivity (Wildman–Crippen MR) is 54.8 cm³/mol. The first-order valence-electron chi connectivity index (χ1n) is 3.42. The third-order valence-corrected chi connectivity index (χ3v) is 2.95. The van der Waals surface area contributed by atoms with E-state index in [9.17, 15) is 4.79 Å². The molecule has 0 radical (unpaired) electrons. The fraction of sp³-hybridized carbons (Fsp3) is 0. The summed E-state index contributed by atoms with van der Waals surface area (Å²) in [6.45, 7) is 0. The van der Waals surface area contributed by atoms with Crippen molar-refractivity contribution < 1.29 is 4.79 Å². The normalized spacial score (nSPS) is 10.6. The van der Waals surface area contributed by atoms with Gasteiger partial charge in [-0.3, -0.25) is 4.79 Å². The summed E-state index contributed by atoms with van der Waals surface area (Å²) in [5, 5.41) is 1.47. The molecule has 0 aliphatic carbocycles. The van der Waals surface area contributed by atoms with Gasteiger partial charge in [-0.25, -0.2) is 4.98 Å². The van der Waals surface area contributed by atoms with E-state index in [1.165, 1.54) is 11.3 Å². The highest BCUT2D eigenvalue weighted by atomic mass is 35.5. The van der Waals surface area contributed by atoms with Crippen molar-refractivity contribution in [3.8, 4) is 0 Å². The molecule has 2 nitrogen and oxygen atoms in total. The zero-order valence-electron chi connectivity index (χ0n) is 6.25. The molecular formula is C8H3Cl2NOS. The summed E-state index contributed by atoms with van der Waals surface area (Å²) in [4.78, 5) is 14.9. The summed E-state index contributed by atoms with van der Waals surface area (Å²) in [6.07, 6.45) is 0. The summed E-state index contributed by atoms with van der Waals surface area (Å²) >= 11 is 12.6. The van der Waals surface area contributed by atoms with Crippen molar-refractivity contribution in [3.63, 3.8) is 0 Å². The molecule has 0 unspecified atom stereocenters. The molecule has 0 N–H and O–H groups in total. The van der Waals surface area contributed by atoms with E-state index in [0.29, 0.717) is 0 Å². The van der Waals surface area contributed by atoms with E-state index in [0.717, 1.165) is 10.2 Å². The quantitative estimate of drug-likeness (QED) is 0.557. The molecule has 0 aromatic carbocycles. The number of rotatable bonds is 1. The smallest absolute Gasteiger partial charge is 0.255 e. The van der Waals surface area contributed by atoms with Crippen LogP contribution in [0.3, 0.4) is 0 Å². The van der Waals surface area contributed by atoms with E-state index in [1.54, 1.807) is 6.07 Å². The van der Waals surface area contributed by atoms with E-state index >= 15 is 0 Å². The molecule has 0 amide bonds. The van der Waals surface area contributed by atoms with Crippen molar-refractivity contribution in [3.05, 3.63) is 28.2 Å². The molecule has 5 heteroatoms. The van der Waals surface area contributed by atoms with Gasteiger partial charge in [0, 0.05) is 0 Å². The maximum atomic E-state index is 10.9. The molecule has 0 atom stereocenters. The van der Waals surface area contributed by atoms with E-state index in [-0.39, 0.29) is 10.7 Å². The third kappa shape index (κ3) is 1.55. The number of nitrogens with zero attached hydrogens (tertiary/aromatic N) is 1. The second-order valence-corrected chi connectivity index (χ2v) is 4.05. The first-order valence-corrected chi connectivity index (χ1v) is 5.05. The SMILES string of the molecule is O=C(Cl)c1cc2sccc2nc1Cl. The molecule has 0 saturated carbocycles. The number of fused-ring (bicyclic) bond motifs is 1. The van der Waals surface area contributed by atoms with Crippen LogP contribution in [-0.2, 0) is 0 Å². The van der Waals surface area contributed by atoms with Crippen LogP contribution in [0.4, 0.5) is 0 Å². The molecule has 0 spiro atoms. The molecule has 13 heavy (non-hydrogen) atoms. The maximum Gasteiger partial charge on any atom is 0.255 e. The number of carbonyl (C=O) groups is 1. The monoisotopic (exact) mass is 231 g/mol. The molecule has 0 bridgehead atoms. The van der Waals surface area contributed by atoms with Crippen molar-refractivity contribution in [2.45, 2.75) is 0 Å². The van der Waals surface area contributed by atoms with Crippen molar-refractivity contribution in [1.29, 1.82) is 0 Å². The second kappa shape index (κ2) is 3.25. The van der Waals surface area contributed by atoms with Crippen LogP contribution in [0.5, 0.6) is 0 Å². The maximum absolute atomic E-state index is 10.9. The molecule has 66 valence electrons. The van der Waals surface area contributed by atoms with Gasteiger partial charge in [0.1, 0.15) is 5.15 Å². The van der Waals surface area contributed by atoms with Gasteiger partial charge in [-0.15, -0.1) is 11.3 Å². The Bertz CT molecular complexity index is 480. The fourth-order valence-corrected chi connectivity index (χ4v) is 2.20. The minimum Gasteiger partial charge on any atom is -0.275 e. The Labute approximate surface area is 88.1 Å². The van der Waals surface area contributed by atoms with Gasteiger partial charge in [-0.2, -0.15) is 0 Å².